The van der Waals surface area contributed by atoms with Gasteiger partial charge >= 0.3 is 18.1 Å². The quantitative estimate of drug-likeness (QED) is 0.175. The Bertz CT molecular complexity index is 1420. The predicted molar refractivity (Wildman–Crippen MR) is 126 cm³/mol. The number of H-pyrrole nitrogens is 2. The molecular weight excluding hydrogens is 539 g/mol. The zero-order valence-corrected chi connectivity index (χ0v) is 20.9. The maximum absolute atomic E-state index is 12.1. The Labute approximate surface area is 211 Å². The molecule has 8 atom stereocenters. The highest BCUT2D eigenvalue weighted by molar-refractivity contribution is 8.07. The third kappa shape index (κ3) is 6.06. The molecule has 6 N–H and O–H groups in total. The Kier molecular flexibility index (Phi) is 8.10. The maximum atomic E-state index is 12.1. The van der Waals surface area contributed by atoms with Crippen LogP contribution in [0.2, 0.25) is 0 Å². The number of aryl methyl sites for hydroxylation is 1. The van der Waals surface area contributed by atoms with E-state index in [-0.39, 0.29) is 12.0 Å². The summed E-state index contributed by atoms with van der Waals surface area (Å²) >= 11 is 4.95. The Balaban J connectivity index is 1.33. The van der Waals surface area contributed by atoms with E-state index in [1.54, 1.807) is 0 Å². The van der Waals surface area contributed by atoms with Crippen molar-refractivity contribution in [2.75, 3.05) is 13.2 Å². The highest BCUT2D eigenvalue weighted by Gasteiger charge is 2.45. The van der Waals surface area contributed by atoms with Gasteiger partial charge in [0, 0.05) is 30.4 Å². The molecule has 1 unspecified atom stereocenters. The molecule has 2 aromatic heterocycles. The van der Waals surface area contributed by atoms with Crippen molar-refractivity contribution in [3.8, 4) is 0 Å². The Morgan fingerprint density at radius 1 is 1.03 bits per heavy atom. The zero-order valence-electron chi connectivity index (χ0n) is 19.2. The summed E-state index contributed by atoms with van der Waals surface area (Å²) in [5.41, 5.74) is -2.52. The molecule has 0 radical (unpaired) electrons. The first-order valence-electron chi connectivity index (χ1n) is 11.0. The minimum Gasteiger partial charge on any atom is -0.390 e. The van der Waals surface area contributed by atoms with Crippen LogP contribution in [-0.4, -0.2) is 83.0 Å². The van der Waals surface area contributed by atoms with Crippen molar-refractivity contribution < 1.29 is 38.7 Å². The molecular formula is C19H25N4O12PS. The van der Waals surface area contributed by atoms with Crippen LogP contribution in [0.25, 0.3) is 0 Å². The van der Waals surface area contributed by atoms with E-state index in [9.17, 15) is 39.4 Å². The summed E-state index contributed by atoms with van der Waals surface area (Å²) in [6.45, 7) is -3.38. The molecule has 2 fully saturated rings. The number of nitrogens with one attached hydrogen (secondary N) is 2. The molecule has 204 valence electrons. The van der Waals surface area contributed by atoms with Crippen molar-refractivity contribution in [3.63, 3.8) is 0 Å². The molecule has 0 aliphatic carbocycles. The summed E-state index contributed by atoms with van der Waals surface area (Å²) in [7, 11) is 0. The number of aromatic amines is 2. The van der Waals surface area contributed by atoms with Gasteiger partial charge in [-0.1, -0.05) is 0 Å². The molecule has 2 aromatic rings. The monoisotopic (exact) mass is 564 g/mol. The molecule has 0 spiro atoms. The van der Waals surface area contributed by atoms with E-state index in [0.29, 0.717) is 0 Å². The van der Waals surface area contributed by atoms with Crippen molar-refractivity contribution in [2.45, 2.75) is 56.3 Å². The van der Waals surface area contributed by atoms with Crippen LogP contribution < -0.4 is 22.5 Å². The van der Waals surface area contributed by atoms with Crippen LogP contribution >= 0.6 is 6.72 Å². The fraction of sp³-hybridized carbons (Fsp3) is 0.579. The summed E-state index contributed by atoms with van der Waals surface area (Å²) in [5.74, 6) is 0. The number of ether oxygens (including phenoxy) is 2. The summed E-state index contributed by atoms with van der Waals surface area (Å²) in [6, 6.07) is 1.04. The zero-order chi connectivity index (χ0) is 27.1. The van der Waals surface area contributed by atoms with Crippen LogP contribution in [0.5, 0.6) is 0 Å². The average Bonchev–Trinajstić information content (AvgIpc) is 3.33. The normalized spacial score (nSPS) is 31.4. The molecule has 0 bridgehead atoms. The SMILES string of the molecule is Cc1cn([C@H]2C[C@H](O)[C@@H](COP(O)(=S)OC[C@H]3O[C@@H](n4ccc(=O)[nH]c4=O)[C@H](O)[C@@H]3O)O2)c(=O)[nH]c1=O. The minimum absolute atomic E-state index is 0.0000793. The summed E-state index contributed by atoms with van der Waals surface area (Å²) < 4.78 is 23.6. The lowest BCUT2D eigenvalue weighted by Crippen LogP contribution is -2.37. The van der Waals surface area contributed by atoms with Crippen molar-refractivity contribution in [2.24, 2.45) is 0 Å². The second-order valence-corrected chi connectivity index (χ2v) is 11.4. The number of rotatable bonds is 8. The highest BCUT2D eigenvalue weighted by atomic mass is 32.5. The molecule has 0 saturated carbocycles. The summed E-state index contributed by atoms with van der Waals surface area (Å²) in [5, 5.41) is 30.9. The second kappa shape index (κ2) is 10.8. The number of nitrogens with zero attached hydrogens (tertiary/aromatic N) is 2. The average molecular weight is 564 g/mol. The third-order valence-corrected chi connectivity index (χ3v) is 7.51. The van der Waals surface area contributed by atoms with Crippen molar-refractivity contribution in [1.82, 2.24) is 19.1 Å². The van der Waals surface area contributed by atoms with E-state index in [1.165, 1.54) is 13.1 Å². The molecule has 2 aliphatic rings. The fourth-order valence-corrected chi connectivity index (χ4v) is 5.04. The fourth-order valence-electron chi connectivity index (χ4n) is 3.93. The van der Waals surface area contributed by atoms with E-state index < -0.39 is 85.4 Å². The van der Waals surface area contributed by atoms with E-state index in [0.717, 1.165) is 21.4 Å². The van der Waals surface area contributed by atoms with Crippen LogP contribution in [0.4, 0.5) is 0 Å². The van der Waals surface area contributed by atoms with Gasteiger partial charge in [-0.2, -0.15) is 0 Å². The van der Waals surface area contributed by atoms with Gasteiger partial charge in [0.15, 0.2) is 6.23 Å². The molecule has 2 aliphatic heterocycles. The number of aromatic nitrogens is 4. The number of aliphatic hydroxyl groups excluding tert-OH is 3. The van der Waals surface area contributed by atoms with Gasteiger partial charge in [-0.3, -0.25) is 28.7 Å². The van der Waals surface area contributed by atoms with Gasteiger partial charge in [-0.25, -0.2) is 9.59 Å². The van der Waals surface area contributed by atoms with Crippen molar-refractivity contribution >= 4 is 18.5 Å². The van der Waals surface area contributed by atoms with Gasteiger partial charge in [0.2, 0.25) is 0 Å². The molecule has 16 nitrogen and oxygen atoms in total. The van der Waals surface area contributed by atoms with Crippen LogP contribution in [0.1, 0.15) is 24.4 Å². The number of hydrogen-bond donors (Lipinski definition) is 6. The van der Waals surface area contributed by atoms with Gasteiger partial charge in [-0.05, 0) is 18.7 Å². The standard InChI is InChI=1S/C19H25N4O12PS/c1-8-5-23(19(30)21-16(8)28)13-4-9(24)10(34-13)6-32-36(31,37)33-7-11-14(26)15(27)17(35-11)22-3-2-12(25)20-18(22)29/h2-3,5,9-11,13-15,17,24,26-27H,4,6-7H2,1H3,(H,31,37)(H,20,25,29)(H,21,28,30)/t9-,10+,11+,13+,14+,15+,17+,36?/m0/s1. The summed E-state index contributed by atoms with van der Waals surface area (Å²) in [4.78, 5) is 61.4. The smallest absolute Gasteiger partial charge is 0.330 e. The van der Waals surface area contributed by atoms with Crippen LogP contribution in [-0.2, 0) is 30.3 Å². The van der Waals surface area contributed by atoms with Crippen LogP contribution in [0, 0.1) is 6.92 Å². The van der Waals surface area contributed by atoms with Gasteiger partial charge in [-0.15, -0.1) is 0 Å². The number of aliphatic hydroxyl groups is 3. The van der Waals surface area contributed by atoms with E-state index in [4.69, 9.17) is 30.3 Å². The third-order valence-electron chi connectivity index (χ3n) is 5.93. The van der Waals surface area contributed by atoms with E-state index in [2.05, 4.69) is 4.98 Å². The first kappa shape index (κ1) is 27.7. The van der Waals surface area contributed by atoms with Crippen molar-refractivity contribution in [3.05, 3.63) is 65.7 Å². The largest absolute Gasteiger partial charge is 0.390 e. The lowest BCUT2D eigenvalue weighted by atomic mass is 10.1. The number of hydrogen-bond acceptors (Lipinski definition) is 12. The maximum Gasteiger partial charge on any atom is 0.330 e. The first-order chi connectivity index (χ1) is 17.4. The van der Waals surface area contributed by atoms with Gasteiger partial charge in [0.1, 0.15) is 30.6 Å². The lowest BCUT2D eigenvalue weighted by Gasteiger charge is -2.22. The highest BCUT2D eigenvalue weighted by Crippen LogP contribution is 2.45. The minimum atomic E-state index is -3.96. The molecule has 37 heavy (non-hydrogen) atoms. The Morgan fingerprint density at radius 3 is 2.35 bits per heavy atom. The predicted octanol–water partition coefficient (Wildman–Crippen LogP) is -3.09. The molecule has 2 saturated heterocycles. The van der Waals surface area contributed by atoms with Crippen LogP contribution in [0.15, 0.2) is 37.6 Å². The van der Waals surface area contributed by atoms with Crippen molar-refractivity contribution in [1.29, 1.82) is 0 Å². The molecule has 4 heterocycles. The Morgan fingerprint density at radius 2 is 1.68 bits per heavy atom. The molecule has 0 amide bonds. The van der Waals surface area contributed by atoms with Gasteiger partial charge in [0.25, 0.3) is 11.1 Å². The van der Waals surface area contributed by atoms with Crippen LogP contribution in [0.3, 0.4) is 0 Å². The molecule has 4 rings (SSSR count). The van der Waals surface area contributed by atoms with Gasteiger partial charge < -0.3 is 38.7 Å². The van der Waals surface area contributed by atoms with E-state index in [1.807, 2.05) is 4.98 Å². The molecule has 0 aromatic carbocycles. The van der Waals surface area contributed by atoms with E-state index >= 15 is 0 Å². The summed E-state index contributed by atoms with van der Waals surface area (Å²) in [6.07, 6.45) is -6.24. The Hall–Kier alpha value is -2.31. The van der Waals surface area contributed by atoms with Gasteiger partial charge in [0.05, 0.1) is 19.3 Å². The first-order valence-corrected chi connectivity index (χ1v) is 13.6. The topological polar surface area (TPSA) is 228 Å². The lowest BCUT2D eigenvalue weighted by molar-refractivity contribution is -0.0582. The second-order valence-electron chi connectivity index (χ2n) is 8.53. The molecule has 18 heteroatoms.